The van der Waals surface area contributed by atoms with Crippen LogP contribution in [-0.4, -0.2) is 34.1 Å². The lowest BCUT2D eigenvalue weighted by atomic mass is 10.2. The summed E-state index contributed by atoms with van der Waals surface area (Å²) >= 11 is 0. The number of nitrogens with one attached hydrogen (secondary N) is 1. The van der Waals surface area contributed by atoms with Gasteiger partial charge in [0, 0.05) is 12.7 Å². The van der Waals surface area contributed by atoms with Gasteiger partial charge in [-0.15, -0.1) is 0 Å². The number of aromatic nitrogens is 1. The highest BCUT2D eigenvalue weighted by molar-refractivity contribution is 5.95. The summed E-state index contributed by atoms with van der Waals surface area (Å²) in [5.41, 5.74) is 1.49. The Morgan fingerprint density at radius 1 is 1.43 bits per heavy atom. The van der Waals surface area contributed by atoms with E-state index < -0.39 is 23.4 Å². The van der Waals surface area contributed by atoms with E-state index in [1.165, 1.54) is 12.3 Å². The molecule has 1 rings (SSSR count). The molecule has 116 valence electrons. The maximum absolute atomic E-state index is 13.6. The van der Waals surface area contributed by atoms with Crippen molar-refractivity contribution in [2.75, 3.05) is 6.54 Å². The number of rotatable bonds is 3. The van der Waals surface area contributed by atoms with E-state index in [0.29, 0.717) is 6.42 Å². The van der Waals surface area contributed by atoms with Gasteiger partial charge in [-0.1, -0.05) is 6.92 Å². The van der Waals surface area contributed by atoms with Crippen molar-refractivity contribution in [1.82, 2.24) is 15.4 Å². The molecule has 0 spiro atoms. The van der Waals surface area contributed by atoms with Gasteiger partial charge in [-0.25, -0.2) is 19.6 Å². The molecule has 0 bridgehead atoms. The third-order valence-corrected chi connectivity index (χ3v) is 2.32. The Hall–Kier alpha value is -2.18. The third kappa shape index (κ3) is 5.37. The first-order chi connectivity index (χ1) is 9.74. The SMILES string of the molecule is CCCN(NC(=O)OC(C)(C)C)C(=O)c1ccncc1F. The summed E-state index contributed by atoms with van der Waals surface area (Å²) in [4.78, 5) is 27.6. The molecular formula is C14H20FN3O3. The molecule has 1 N–H and O–H groups in total. The molecule has 0 atom stereocenters. The van der Waals surface area contributed by atoms with Crippen LogP contribution >= 0.6 is 0 Å². The van der Waals surface area contributed by atoms with Crippen molar-refractivity contribution in [3.05, 3.63) is 29.8 Å². The Balaban J connectivity index is 2.84. The lowest BCUT2D eigenvalue weighted by molar-refractivity contribution is 0.0293. The summed E-state index contributed by atoms with van der Waals surface area (Å²) in [7, 11) is 0. The van der Waals surface area contributed by atoms with Crippen molar-refractivity contribution in [3.63, 3.8) is 0 Å². The van der Waals surface area contributed by atoms with Gasteiger partial charge in [-0.2, -0.15) is 0 Å². The summed E-state index contributed by atoms with van der Waals surface area (Å²) < 4.78 is 18.7. The molecule has 1 aromatic rings. The number of carbonyl (C=O) groups is 2. The number of hydrazine groups is 1. The van der Waals surface area contributed by atoms with Gasteiger partial charge in [0.15, 0.2) is 5.82 Å². The Morgan fingerprint density at radius 2 is 2.10 bits per heavy atom. The van der Waals surface area contributed by atoms with Crippen molar-refractivity contribution in [1.29, 1.82) is 0 Å². The molecule has 0 radical (unpaired) electrons. The fourth-order valence-electron chi connectivity index (χ4n) is 1.54. The van der Waals surface area contributed by atoms with Crippen LogP contribution in [-0.2, 0) is 4.74 Å². The van der Waals surface area contributed by atoms with Crippen LogP contribution < -0.4 is 5.43 Å². The molecule has 1 aromatic heterocycles. The molecule has 0 saturated carbocycles. The Bertz CT molecular complexity index is 514. The summed E-state index contributed by atoms with van der Waals surface area (Å²) in [5.74, 6) is -1.39. The number of hydrogen-bond acceptors (Lipinski definition) is 4. The van der Waals surface area contributed by atoms with Crippen molar-refractivity contribution in [2.24, 2.45) is 0 Å². The molecule has 0 saturated heterocycles. The number of amides is 2. The van der Waals surface area contributed by atoms with Crippen LogP contribution in [0.1, 0.15) is 44.5 Å². The fraction of sp³-hybridized carbons (Fsp3) is 0.500. The number of halogens is 1. The van der Waals surface area contributed by atoms with Crippen LogP contribution in [0.15, 0.2) is 18.5 Å². The van der Waals surface area contributed by atoms with Gasteiger partial charge in [-0.05, 0) is 33.3 Å². The third-order valence-electron chi connectivity index (χ3n) is 2.32. The standard InChI is InChI=1S/C14H20FN3O3/c1-5-8-18(17-13(20)21-14(2,3)4)12(19)10-6-7-16-9-11(10)15/h6-7,9H,5,8H2,1-4H3,(H,17,20). The molecule has 6 nitrogen and oxygen atoms in total. The minimum Gasteiger partial charge on any atom is -0.443 e. The maximum atomic E-state index is 13.6. The topological polar surface area (TPSA) is 71.5 Å². The highest BCUT2D eigenvalue weighted by Crippen LogP contribution is 2.10. The van der Waals surface area contributed by atoms with Gasteiger partial charge in [-0.3, -0.25) is 9.78 Å². The van der Waals surface area contributed by atoms with Crippen LogP contribution in [0, 0.1) is 5.82 Å². The molecule has 0 fully saturated rings. The number of ether oxygens (including phenoxy) is 1. The van der Waals surface area contributed by atoms with Crippen LogP contribution in [0.3, 0.4) is 0 Å². The van der Waals surface area contributed by atoms with Crippen LogP contribution in [0.4, 0.5) is 9.18 Å². The first-order valence-corrected chi connectivity index (χ1v) is 6.65. The zero-order chi connectivity index (χ0) is 16.0. The van der Waals surface area contributed by atoms with Gasteiger partial charge in [0.25, 0.3) is 5.91 Å². The zero-order valence-corrected chi connectivity index (χ0v) is 12.6. The minimum absolute atomic E-state index is 0.158. The van der Waals surface area contributed by atoms with Gasteiger partial charge in [0.05, 0.1) is 11.8 Å². The van der Waals surface area contributed by atoms with Gasteiger partial charge in [0.1, 0.15) is 5.60 Å². The highest BCUT2D eigenvalue weighted by atomic mass is 19.1. The summed E-state index contributed by atoms with van der Waals surface area (Å²) in [5, 5.41) is 1.03. The van der Waals surface area contributed by atoms with Gasteiger partial charge >= 0.3 is 6.09 Å². The quantitative estimate of drug-likeness (QED) is 0.870. The lowest BCUT2D eigenvalue weighted by Gasteiger charge is -2.26. The van der Waals surface area contributed by atoms with E-state index in [1.54, 1.807) is 20.8 Å². The Kier molecular flexibility index (Phi) is 5.63. The van der Waals surface area contributed by atoms with Crippen LogP contribution in [0.5, 0.6) is 0 Å². The van der Waals surface area contributed by atoms with E-state index in [4.69, 9.17) is 4.74 Å². The van der Waals surface area contributed by atoms with E-state index >= 15 is 0 Å². The van der Waals surface area contributed by atoms with Gasteiger partial charge in [0.2, 0.25) is 0 Å². The Morgan fingerprint density at radius 3 is 2.62 bits per heavy atom. The van der Waals surface area contributed by atoms with Crippen LogP contribution in [0.2, 0.25) is 0 Å². The first-order valence-electron chi connectivity index (χ1n) is 6.65. The molecule has 0 unspecified atom stereocenters. The molecule has 7 heteroatoms. The van der Waals surface area contributed by atoms with E-state index in [1.807, 2.05) is 6.92 Å². The molecule has 21 heavy (non-hydrogen) atoms. The number of pyridine rings is 1. The maximum Gasteiger partial charge on any atom is 0.426 e. The second-order valence-electron chi connectivity index (χ2n) is 5.43. The van der Waals surface area contributed by atoms with Gasteiger partial charge < -0.3 is 4.74 Å². The average Bonchev–Trinajstić information content (AvgIpc) is 2.36. The molecule has 2 amide bonds. The molecule has 0 aliphatic heterocycles. The highest BCUT2D eigenvalue weighted by Gasteiger charge is 2.23. The second-order valence-corrected chi connectivity index (χ2v) is 5.43. The number of carbonyl (C=O) groups excluding carboxylic acids is 2. The number of hydrogen-bond donors (Lipinski definition) is 1. The van der Waals surface area contributed by atoms with E-state index in [9.17, 15) is 14.0 Å². The Labute approximate surface area is 123 Å². The van der Waals surface area contributed by atoms with Crippen molar-refractivity contribution in [3.8, 4) is 0 Å². The monoisotopic (exact) mass is 297 g/mol. The smallest absolute Gasteiger partial charge is 0.426 e. The average molecular weight is 297 g/mol. The largest absolute Gasteiger partial charge is 0.443 e. The summed E-state index contributed by atoms with van der Waals surface area (Å²) in [6.45, 7) is 7.20. The van der Waals surface area contributed by atoms with Crippen molar-refractivity contribution >= 4 is 12.0 Å². The molecule has 0 aliphatic carbocycles. The molecular weight excluding hydrogens is 277 g/mol. The predicted molar refractivity (Wildman–Crippen MR) is 74.9 cm³/mol. The zero-order valence-electron chi connectivity index (χ0n) is 12.6. The van der Waals surface area contributed by atoms with E-state index in [-0.39, 0.29) is 12.1 Å². The minimum atomic E-state index is -0.765. The van der Waals surface area contributed by atoms with Crippen LogP contribution in [0.25, 0.3) is 0 Å². The fourth-order valence-corrected chi connectivity index (χ4v) is 1.54. The molecule has 1 heterocycles. The van der Waals surface area contributed by atoms with E-state index in [0.717, 1.165) is 11.2 Å². The summed E-state index contributed by atoms with van der Waals surface area (Å²) in [6, 6.07) is 1.26. The van der Waals surface area contributed by atoms with E-state index in [2.05, 4.69) is 10.4 Å². The normalized spacial score (nSPS) is 10.9. The predicted octanol–water partition coefficient (Wildman–Crippen LogP) is 2.51. The lowest BCUT2D eigenvalue weighted by Crippen LogP contribution is -2.48. The summed E-state index contributed by atoms with van der Waals surface area (Å²) in [6.07, 6.45) is 2.09. The van der Waals surface area contributed by atoms with Crippen molar-refractivity contribution < 1.29 is 18.7 Å². The molecule has 0 aromatic carbocycles. The number of nitrogens with zero attached hydrogens (tertiary/aromatic N) is 2. The second kappa shape index (κ2) is 7.01. The molecule has 0 aliphatic rings. The van der Waals surface area contributed by atoms with Crippen molar-refractivity contribution in [2.45, 2.75) is 39.7 Å². The first kappa shape index (κ1) is 16.9.